The van der Waals surface area contributed by atoms with Crippen LogP contribution < -0.4 is 0 Å². The Hall–Kier alpha value is -0.720. The van der Waals surface area contributed by atoms with Gasteiger partial charge in [0.1, 0.15) is 6.10 Å². The second-order valence-corrected chi connectivity index (χ2v) is 8.80. The van der Waals surface area contributed by atoms with Crippen molar-refractivity contribution in [2.45, 2.75) is 65.4 Å². The molecule has 0 aromatic carbocycles. The van der Waals surface area contributed by atoms with Gasteiger partial charge in [-0.25, -0.2) is 0 Å². The highest BCUT2D eigenvalue weighted by atomic mass is 16.5. The van der Waals surface area contributed by atoms with Crippen molar-refractivity contribution < 1.29 is 4.74 Å². The molecule has 0 saturated heterocycles. The molecule has 1 heteroatoms. The minimum absolute atomic E-state index is 0.282. The predicted molar refractivity (Wildman–Crippen MR) is 84.6 cm³/mol. The van der Waals surface area contributed by atoms with Gasteiger partial charge in [-0.1, -0.05) is 25.0 Å². The normalized spacial score (nSPS) is 54.0. The Kier molecular flexibility index (Phi) is 2.42. The van der Waals surface area contributed by atoms with Crippen molar-refractivity contribution in [2.24, 2.45) is 35.0 Å². The zero-order valence-corrected chi connectivity index (χ0v) is 13.7. The van der Waals surface area contributed by atoms with Gasteiger partial charge in [-0.3, -0.25) is 0 Å². The molecule has 0 bridgehead atoms. The first-order valence-electron chi connectivity index (χ1n) is 9.20. The third-order valence-electron chi connectivity index (χ3n) is 7.98. The minimum Gasteiger partial charge on any atom is -0.497 e. The summed E-state index contributed by atoms with van der Waals surface area (Å²) in [6.07, 6.45) is 11.0. The fourth-order valence-corrected chi connectivity index (χ4v) is 6.70. The monoisotopic (exact) mass is 284 g/mol. The summed E-state index contributed by atoms with van der Waals surface area (Å²) in [5.41, 5.74) is 5.75. The van der Waals surface area contributed by atoms with E-state index in [2.05, 4.69) is 27.0 Å². The topological polar surface area (TPSA) is 9.23 Å². The van der Waals surface area contributed by atoms with E-state index in [9.17, 15) is 0 Å². The van der Waals surface area contributed by atoms with Gasteiger partial charge in [0.05, 0.1) is 11.7 Å². The maximum atomic E-state index is 6.17. The number of ether oxygens (including phenoxy) is 1. The lowest BCUT2D eigenvalue weighted by molar-refractivity contribution is 0.108. The summed E-state index contributed by atoms with van der Waals surface area (Å²) in [6.45, 7) is 7.55. The lowest BCUT2D eigenvalue weighted by Gasteiger charge is -2.46. The van der Waals surface area contributed by atoms with Crippen LogP contribution in [0.25, 0.3) is 0 Å². The van der Waals surface area contributed by atoms with Crippen LogP contribution >= 0.6 is 0 Å². The first-order valence-corrected chi connectivity index (χ1v) is 9.20. The Labute approximate surface area is 128 Å². The van der Waals surface area contributed by atoms with Crippen molar-refractivity contribution in [1.29, 1.82) is 0 Å². The van der Waals surface area contributed by atoms with Crippen LogP contribution in [0.2, 0.25) is 0 Å². The standard InChI is InChI=1S/C20H28O/c1-11-4-6-13-8-14-10-21-17-9-16-12(2)5-7-15(11)18(13)19(16)20(14,17)3/h10-13,15-17H,4-9H2,1-3H3/t11-,12+,13-,15-,16-,17-,20-/m0/s1. The molecule has 2 saturated carbocycles. The largest absolute Gasteiger partial charge is 0.497 e. The summed E-state index contributed by atoms with van der Waals surface area (Å²) in [5, 5.41) is 0. The van der Waals surface area contributed by atoms with Gasteiger partial charge in [-0.2, -0.15) is 0 Å². The summed E-state index contributed by atoms with van der Waals surface area (Å²) in [4.78, 5) is 0. The van der Waals surface area contributed by atoms with E-state index in [1.807, 2.05) is 11.1 Å². The third-order valence-corrected chi connectivity index (χ3v) is 7.98. The molecule has 0 radical (unpaired) electrons. The number of hydrogen-bond acceptors (Lipinski definition) is 1. The zero-order valence-electron chi connectivity index (χ0n) is 13.7. The van der Waals surface area contributed by atoms with Crippen LogP contribution in [0, 0.1) is 35.0 Å². The molecule has 21 heavy (non-hydrogen) atoms. The van der Waals surface area contributed by atoms with Crippen molar-refractivity contribution >= 4 is 0 Å². The van der Waals surface area contributed by atoms with E-state index in [0.29, 0.717) is 6.10 Å². The molecule has 1 heterocycles. The molecule has 5 aliphatic rings. The Morgan fingerprint density at radius 2 is 1.81 bits per heavy atom. The maximum Gasteiger partial charge on any atom is 0.111 e. The van der Waals surface area contributed by atoms with Crippen LogP contribution in [0.15, 0.2) is 23.0 Å². The summed E-state index contributed by atoms with van der Waals surface area (Å²) < 4.78 is 6.17. The maximum absolute atomic E-state index is 6.17. The molecular formula is C20H28O. The highest BCUT2D eigenvalue weighted by Gasteiger charge is 2.60. The van der Waals surface area contributed by atoms with Crippen molar-refractivity contribution in [1.82, 2.24) is 0 Å². The molecule has 0 unspecified atom stereocenters. The van der Waals surface area contributed by atoms with E-state index in [4.69, 9.17) is 4.74 Å². The van der Waals surface area contributed by atoms with Gasteiger partial charge >= 0.3 is 0 Å². The van der Waals surface area contributed by atoms with Crippen molar-refractivity contribution in [3.8, 4) is 0 Å². The Balaban J connectivity index is 1.77. The van der Waals surface area contributed by atoms with E-state index in [1.54, 1.807) is 5.57 Å². The number of allylic oxidation sites excluding steroid dienone is 1. The van der Waals surface area contributed by atoms with Gasteiger partial charge in [0.25, 0.3) is 0 Å². The first-order chi connectivity index (χ1) is 10.1. The highest BCUT2D eigenvalue weighted by molar-refractivity contribution is 5.48. The van der Waals surface area contributed by atoms with E-state index < -0.39 is 0 Å². The van der Waals surface area contributed by atoms with E-state index in [1.165, 1.54) is 38.5 Å². The predicted octanol–water partition coefficient (Wildman–Crippen LogP) is 5.09. The molecule has 114 valence electrons. The minimum atomic E-state index is 0.282. The molecule has 4 aliphatic carbocycles. The molecule has 0 aromatic rings. The fraction of sp³-hybridized carbons (Fsp3) is 0.800. The lowest BCUT2D eigenvalue weighted by Crippen LogP contribution is -2.38. The zero-order chi connectivity index (χ0) is 14.4. The molecule has 0 N–H and O–H groups in total. The molecule has 5 rings (SSSR count). The van der Waals surface area contributed by atoms with Crippen molar-refractivity contribution in [3.05, 3.63) is 23.0 Å². The third kappa shape index (κ3) is 1.39. The number of hydrogen-bond donors (Lipinski definition) is 0. The summed E-state index contributed by atoms with van der Waals surface area (Å²) in [5.74, 6) is 4.33. The molecule has 2 fully saturated rings. The highest BCUT2D eigenvalue weighted by Crippen LogP contribution is 2.67. The van der Waals surface area contributed by atoms with Gasteiger partial charge in [-0.05, 0) is 80.6 Å². The van der Waals surface area contributed by atoms with Gasteiger partial charge in [0.2, 0.25) is 0 Å². The van der Waals surface area contributed by atoms with Crippen LogP contribution in [0.4, 0.5) is 0 Å². The second-order valence-electron chi connectivity index (χ2n) is 8.80. The molecule has 1 aliphatic heterocycles. The Bertz CT molecular complexity index is 556. The fourth-order valence-electron chi connectivity index (χ4n) is 6.70. The van der Waals surface area contributed by atoms with Crippen LogP contribution in [0.5, 0.6) is 0 Å². The molecule has 0 aromatic heterocycles. The van der Waals surface area contributed by atoms with Crippen LogP contribution in [0.1, 0.15) is 59.3 Å². The summed E-state index contributed by atoms with van der Waals surface area (Å²) >= 11 is 0. The van der Waals surface area contributed by atoms with Crippen LogP contribution in [0.3, 0.4) is 0 Å². The molecule has 0 spiro atoms. The molecule has 1 nitrogen and oxygen atoms in total. The summed E-state index contributed by atoms with van der Waals surface area (Å²) in [6, 6.07) is 0. The average molecular weight is 284 g/mol. The van der Waals surface area contributed by atoms with E-state index in [-0.39, 0.29) is 5.41 Å². The van der Waals surface area contributed by atoms with Gasteiger partial charge in [0, 0.05) is 0 Å². The van der Waals surface area contributed by atoms with Gasteiger partial charge in [0.15, 0.2) is 0 Å². The molecular weight excluding hydrogens is 256 g/mol. The van der Waals surface area contributed by atoms with E-state index in [0.717, 1.165) is 29.6 Å². The molecule has 0 amide bonds. The summed E-state index contributed by atoms with van der Waals surface area (Å²) in [7, 11) is 0. The van der Waals surface area contributed by atoms with Gasteiger partial charge in [-0.15, -0.1) is 0 Å². The number of rotatable bonds is 0. The smallest absolute Gasteiger partial charge is 0.111 e. The van der Waals surface area contributed by atoms with E-state index >= 15 is 0 Å². The first kappa shape index (κ1) is 12.8. The van der Waals surface area contributed by atoms with Crippen molar-refractivity contribution in [3.63, 3.8) is 0 Å². The Morgan fingerprint density at radius 1 is 1.05 bits per heavy atom. The molecule has 7 atom stereocenters. The quantitative estimate of drug-likeness (QED) is 0.563. The van der Waals surface area contributed by atoms with Crippen molar-refractivity contribution in [2.75, 3.05) is 0 Å². The second kappa shape index (κ2) is 3.97. The average Bonchev–Trinajstić information content (AvgIpc) is 2.89. The van der Waals surface area contributed by atoms with Crippen LogP contribution in [-0.4, -0.2) is 6.10 Å². The van der Waals surface area contributed by atoms with Gasteiger partial charge < -0.3 is 4.74 Å². The Morgan fingerprint density at radius 3 is 2.67 bits per heavy atom. The lowest BCUT2D eigenvalue weighted by atomic mass is 9.58. The van der Waals surface area contributed by atoms with Crippen LogP contribution in [-0.2, 0) is 4.74 Å². The SMILES string of the molecule is C[C@@H]1CC[C@@H]2C3=C4[C@H]1C[C@@H]1OC=C(C[C@@H]3CC[C@@H]2C)[C@]41C.